The zero-order valence-corrected chi connectivity index (χ0v) is 28.1. The van der Waals surface area contributed by atoms with Gasteiger partial charge >= 0.3 is 0 Å². The van der Waals surface area contributed by atoms with Crippen LogP contribution in [0.2, 0.25) is 0 Å². The maximum atomic E-state index is 5.51. The average Bonchev–Trinajstić information content (AvgIpc) is 3.87. The summed E-state index contributed by atoms with van der Waals surface area (Å²) in [5, 5.41) is 0. The van der Waals surface area contributed by atoms with Gasteiger partial charge in [0.15, 0.2) is 0 Å². The molecule has 8 N–H and O–H groups in total. The van der Waals surface area contributed by atoms with Gasteiger partial charge in [0, 0.05) is 18.1 Å². The second-order valence-electron chi connectivity index (χ2n) is 11.4. The van der Waals surface area contributed by atoms with E-state index in [1.165, 1.54) is 47.9 Å². The Morgan fingerprint density at radius 1 is 0.489 bits per heavy atom. The molecule has 0 amide bonds. The van der Waals surface area contributed by atoms with Crippen molar-refractivity contribution in [2.45, 2.75) is 63.0 Å². The van der Waals surface area contributed by atoms with E-state index < -0.39 is 0 Å². The molecule has 4 aromatic rings. The quantitative estimate of drug-likeness (QED) is 0.100. The minimum absolute atomic E-state index is 0.775. The lowest BCUT2D eigenvalue weighted by Gasteiger charge is -1.98. The number of hydrogen-bond acceptors (Lipinski definition) is 5. The second-order valence-corrected chi connectivity index (χ2v) is 12.5. The number of thioether (sulfide) groups is 1. The van der Waals surface area contributed by atoms with Gasteiger partial charge in [-0.2, -0.15) is 11.8 Å². The summed E-state index contributed by atoms with van der Waals surface area (Å²) in [7, 11) is 0. The summed E-state index contributed by atoms with van der Waals surface area (Å²) in [6, 6.07) is 42.3. The lowest BCUT2D eigenvalue weighted by molar-refractivity contribution is 0.715. The van der Waals surface area contributed by atoms with Crippen LogP contribution in [-0.2, 0) is 18.6 Å². The third kappa shape index (κ3) is 19.2. The largest absolute Gasteiger partial charge is 0.330 e. The Hall–Kier alpha value is -2.93. The van der Waals surface area contributed by atoms with Gasteiger partial charge in [-0.1, -0.05) is 121 Å². The molecule has 5 rings (SSSR count). The summed E-state index contributed by atoms with van der Waals surface area (Å²) in [4.78, 5) is 0. The Labute approximate surface area is 278 Å². The molecule has 5 heteroatoms. The summed E-state index contributed by atoms with van der Waals surface area (Å²) >= 11 is 1.88. The lowest BCUT2D eigenvalue weighted by Crippen LogP contribution is -2.01. The SMILES string of the molecule is NCCC1CC1c1ccccc1.NCCCCc1ccccc1.NCCCCc1ccccc1.NCCSCc1ccccc1. The molecule has 0 aliphatic heterocycles. The van der Waals surface area contributed by atoms with Crippen LogP contribution in [0.4, 0.5) is 0 Å². The molecule has 1 aliphatic rings. The average molecular weight is 627 g/mol. The number of aryl methyl sites for hydroxylation is 2. The molecule has 1 aliphatic carbocycles. The molecular weight excluding hydrogens is 569 g/mol. The van der Waals surface area contributed by atoms with Crippen LogP contribution in [0.1, 0.15) is 66.7 Å². The fourth-order valence-corrected chi connectivity index (χ4v) is 5.71. The van der Waals surface area contributed by atoms with Crippen LogP contribution in [0, 0.1) is 5.92 Å². The Bertz CT molecular complexity index is 1070. The normalized spacial score (nSPS) is 14.5. The van der Waals surface area contributed by atoms with Gasteiger partial charge < -0.3 is 22.9 Å². The van der Waals surface area contributed by atoms with Gasteiger partial charge in [-0.3, -0.25) is 0 Å². The highest BCUT2D eigenvalue weighted by atomic mass is 32.2. The van der Waals surface area contributed by atoms with Crippen molar-refractivity contribution < 1.29 is 0 Å². The van der Waals surface area contributed by atoms with E-state index in [2.05, 4.69) is 103 Å². The standard InChI is InChI=1S/C11H15N.2C10H15N.C9H13NS/c12-7-6-10-8-11(10)9-4-2-1-3-5-9;2*11-9-5-4-8-10-6-2-1-3-7-10;10-6-7-11-8-9-4-2-1-3-5-9/h1-5,10-11H,6-8,12H2;2*1-3,6-7H,4-5,8-9,11H2;1-5H,6-8,10H2. The van der Waals surface area contributed by atoms with Gasteiger partial charge in [-0.15, -0.1) is 0 Å². The summed E-state index contributed by atoms with van der Waals surface area (Å²) in [6.07, 6.45) is 9.56. The van der Waals surface area contributed by atoms with E-state index in [1.54, 1.807) is 0 Å². The molecule has 1 saturated carbocycles. The van der Waals surface area contributed by atoms with Gasteiger partial charge in [0.05, 0.1) is 0 Å². The van der Waals surface area contributed by atoms with Crippen LogP contribution in [0.3, 0.4) is 0 Å². The minimum Gasteiger partial charge on any atom is -0.330 e. The summed E-state index contributed by atoms with van der Waals surface area (Å²) in [5.74, 6) is 3.82. The van der Waals surface area contributed by atoms with Gasteiger partial charge in [-0.05, 0) is 105 Å². The molecule has 4 nitrogen and oxygen atoms in total. The Balaban J connectivity index is 0.000000209. The van der Waals surface area contributed by atoms with Gasteiger partial charge in [0.25, 0.3) is 0 Å². The second kappa shape index (κ2) is 26.3. The Morgan fingerprint density at radius 3 is 1.36 bits per heavy atom. The molecule has 244 valence electrons. The maximum absolute atomic E-state index is 5.51. The van der Waals surface area contributed by atoms with E-state index in [-0.39, 0.29) is 0 Å². The van der Waals surface area contributed by atoms with Crippen molar-refractivity contribution in [3.05, 3.63) is 144 Å². The molecule has 0 bridgehead atoms. The lowest BCUT2D eigenvalue weighted by atomic mass is 10.1. The Kier molecular flexibility index (Phi) is 22.4. The molecule has 0 heterocycles. The van der Waals surface area contributed by atoms with Gasteiger partial charge in [0.2, 0.25) is 0 Å². The first kappa shape index (κ1) is 38.3. The van der Waals surface area contributed by atoms with E-state index in [0.717, 1.165) is 75.2 Å². The van der Waals surface area contributed by atoms with Crippen LogP contribution >= 0.6 is 11.8 Å². The molecule has 2 unspecified atom stereocenters. The fourth-order valence-electron chi connectivity index (χ4n) is 4.97. The van der Waals surface area contributed by atoms with Crippen molar-refractivity contribution in [2.75, 3.05) is 31.9 Å². The van der Waals surface area contributed by atoms with Crippen LogP contribution < -0.4 is 22.9 Å². The predicted octanol–water partition coefficient (Wildman–Crippen LogP) is 7.95. The first-order valence-electron chi connectivity index (χ1n) is 16.8. The number of hydrogen-bond donors (Lipinski definition) is 4. The third-order valence-corrected chi connectivity index (χ3v) is 8.65. The summed E-state index contributed by atoms with van der Waals surface area (Å²) < 4.78 is 0. The van der Waals surface area contributed by atoms with Crippen molar-refractivity contribution in [1.29, 1.82) is 0 Å². The molecule has 1 fully saturated rings. The van der Waals surface area contributed by atoms with E-state index in [1.807, 2.05) is 30.0 Å². The zero-order valence-electron chi connectivity index (χ0n) is 27.3. The molecule has 0 saturated heterocycles. The number of nitrogens with two attached hydrogens (primary N) is 4. The van der Waals surface area contributed by atoms with Crippen molar-refractivity contribution in [3.63, 3.8) is 0 Å². The fraction of sp³-hybridized carbons (Fsp3) is 0.400. The topological polar surface area (TPSA) is 104 Å². The van der Waals surface area contributed by atoms with E-state index in [9.17, 15) is 0 Å². The molecule has 2 atom stereocenters. The van der Waals surface area contributed by atoms with Crippen molar-refractivity contribution in [1.82, 2.24) is 0 Å². The van der Waals surface area contributed by atoms with E-state index in [0.29, 0.717) is 0 Å². The molecule has 0 aromatic heterocycles. The number of rotatable bonds is 15. The van der Waals surface area contributed by atoms with Gasteiger partial charge in [0.1, 0.15) is 0 Å². The monoisotopic (exact) mass is 626 g/mol. The van der Waals surface area contributed by atoms with Crippen LogP contribution in [0.5, 0.6) is 0 Å². The highest BCUT2D eigenvalue weighted by molar-refractivity contribution is 7.98. The predicted molar refractivity (Wildman–Crippen MR) is 199 cm³/mol. The van der Waals surface area contributed by atoms with Crippen molar-refractivity contribution >= 4 is 11.8 Å². The molecule has 4 aromatic carbocycles. The highest BCUT2D eigenvalue weighted by Crippen LogP contribution is 2.49. The number of unbranched alkanes of at least 4 members (excludes halogenated alkanes) is 2. The van der Waals surface area contributed by atoms with Crippen LogP contribution in [0.25, 0.3) is 0 Å². The molecule has 45 heavy (non-hydrogen) atoms. The smallest absolute Gasteiger partial charge is 0.0185 e. The van der Waals surface area contributed by atoms with Crippen molar-refractivity contribution in [2.24, 2.45) is 28.9 Å². The highest BCUT2D eigenvalue weighted by Gasteiger charge is 2.36. The minimum atomic E-state index is 0.775. The Morgan fingerprint density at radius 2 is 0.933 bits per heavy atom. The summed E-state index contributed by atoms with van der Waals surface area (Å²) in [6.45, 7) is 3.24. The van der Waals surface area contributed by atoms with Crippen molar-refractivity contribution in [3.8, 4) is 0 Å². The number of benzene rings is 4. The van der Waals surface area contributed by atoms with E-state index >= 15 is 0 Å². The van der Waals surface area contributed by atoms with E-state index in [4.69, 9.17) is 22.9 Å². The maximum Gasteiger partial charge on any atom is 0.0185 e. The molecular formula is C40H58N4S. The zero-order chi connectivity index (χ0) is 32.2. The van der Waals surface area contributed by atoms with Gasteiger partial charge in [-0.25, -0.2) is 0 Å². The molecule has 0 radical (unpaired) electrons. The molecule has 0 spiro atoms. The van der Waals surface area contributed by atoms with Crippen LogP contribution in [-0.4, -0.2) is 31.9 Å². The first-order valence-corrected chi connectivity index (χ1v) is 17.9. The third-order valence-electron chi connectivity index (χ3n) is 7.59. The summed E-state index contributed by atoms with van der Waals surface area (Å²) in [5.41, 5.74) is 27.4. The first-order chi connectivity index (χ1) is 22.2. The van der Waals surface area contributed by atoms with Crippen LogP contribution in [0.15, 0.2) is 121 Å².